The van der Waals surface area contributed by atoms with Gasteiger partial charge in [0.1, 0.15) is 0 Å². The maximum absolute atomic E-state index is 11.2. The van der Waals surface area contributed by atoms with Crippen LogP contribution in [-0.2, 0) is 17.8 Å². The van der Waals surface area contributed by atoms with Crippen LogP contribution in [0.5, 0.6) is 0 Å². The molecule has 0 aliphatic rings. The molecule has 6 nitrogen and oxygen atoms in total. The number of hydrogen-bond donors (Lipinski definition) is 1. The first-order valence-corrected chi connectivity index (χ1v) is 13.0. The van der Waals surface area contributed by atoms with Crippen molar-refractivity contribution in [1.29, 1.82) is 0 Å². The van der Waals surface area contributed by atoms with Gasteiger partial charge in [-0.1, -0.05) is 0 Å². The Morgan fingerprint density at radius 3 is 2.57 bits per heavy atom. The molecule has 1 atom stereocenters. The maximum atomic E-state index is 11.2. The zero-order valence-electron chi connectivity index (χ0n) is 18.6. The average molecular weight is 469 g/mol. The van der Waals surface area contributed by atoms with Crippen LogP contribution < -0.4 is 9.80 Å². The molecule has 1 amide bonds. The molecule has 2 heterocycles. The molecule has 7 heteroatoms. The summed E-state index contributed by atoms with van der Waals surface area (Å²) in [6.45, 7) is 8.00. The van der Waals surface area contributed by atoms with Gasteiger partial charge >= 0.3 is 186 Å². The van der Waals surface area contributed by atoms with E-state index in [9.17, 15) is 4.79 Å². The Balaban J connectivity index is 1.69. The fourth-order valence-corrected chi connectivity index (χ4v) is 6.38. The monoisotopic (exact) mass is 469 g/mol. The van der Waals surface area contributed by atoms with Gasteiger partial charge in [0.2, 0.25) is 0 Å². The Kier molecular flexibility index (Phi) is 7.68. The van der Waals surface area contributed by atoms with Crippen LogP contribution >= 0.6 is 0 Å². The fraction of sp³-hybridized carbons (Fsp3) is 0.435. The van der Waals surface area contributed by atoms with Gasteiger partial charge in [0.05, 0.1) is 0 Å². The number of hydrogen-bond acceptors (Lipinski definition) is 4. The van der Waals surface area contributed by atoms with Crippen molar-refractivity contribution in [3.8, 4) is 0 Å². The van der Waals surface area contributed by atoms with Gasteiger partial charge in [-0.3, -0.25) is 0 Å². The molecule has 1 N–H and O–H groups in total. The van der Waals surface area contributed by atoms with E-state index in [0.717, 1.165) is 42.5 Å². The molecule has 160 valence electrons. The Morgan fingerprint density at radius 1 is 1.17 bits per heavy atom. The second-order valence-corrected chi connectivity index (χ2v) is 10.8. The summed E-state index contributed by atoms with van der Waals surface area (Å²) in [6.07, 6.45) is 3.89. The SMILES string of the molecule is CC(=O)Nc1ccc(CC[AsH]c2ncnc3c2c(C)c(C)n3CCCN(C)C)cc1. The van der Waals surface area contributed by atoms with E-state index >= 15 is 0 Å². The number of anilines is 1. The third kappa shape index (κ3) is 5.50. The molecule has 30 heavy (non-hydrogen) atoms. The minimum atomic E-state index is -0.361. The van der Waals surface area contributed by atoms with Crippen LogP contribution in [-0.4, -0.2) is 61.7 Å². The van der Waals surface area contributed by atoms with E-state index in [-0.39, 0.29) is 21.7 Å². The van der Waals surface area contributed by atoms with Gasteiger partial charge in [-0.15, -0.1) is 0 Å². The molecule has 3 aromatic rings. The second kappa shape index (κ2) is 10.2. The predicted molar refractivity (Wildman–Crippen MR) is 126 cm³/mol. The number of aryl methyl sites for hydroxylation is 3. The number of nitrogens with one attached hydrogen (secondary N) is 1. The van der Waals surface area contributed by atoms with Crippen molar-refractivity contribution in [2.24, 2.45) is 0 Å². The van der Waals surface area contributed by atoms with Crippen LogP contribution in [0.15, 0.2) is 30.6 Å². The Morgan fingerprint density at radius 2 is 1.90 bits per heavy atom. The summed E-state index contributed by atoms with van der Waals surface area (Å²) in [6, 6.07) is 8.15. The number of nitrogens with zero attached hydrogens (tertiary/aromatic N) is 4. The zero-order valence-corrected chi connectivity index (χ0v) is 20.7. The molecule has 0 radical (unpaired) electrons. The Bertz CT molecular complexity index is 1010. The first-order valence-electron chi connectivity index (χ1n) is 10.4. The summed E-state index contributed by atoms with van der Waals surface area (Å²) in [5, 5.41) is 5.24. The molecule has 2 aromatic heterocycles. The number of amides is 1. The van der Waals surface area contributed by atoms with E-state index in [1.54, 1.807) is 6.33 Å². The number of carbonyl (C=O) groups excluding carboxylic acids is 1. The third-order valence-corrected chi connectivity index (χ3v) is 7.92. The fourth-order valence-electron chi connectivity index (χ4n) is 3.70. The standard InChI is InChI=1S/C23H32AsN5O/c1-16-17(2)29(14-6-13-28(4)5)23-21(16)22(25-15-26-23)24-12-11-19-7-9-20(10-8-19)27-18(3)30/h7-10,15,24H,6,11-14H2,1-5H3,(H,27,30). The molecule has 1 aromatic carbocycles. The van der Waals surface area contributed by atoms with Gasteiger partial charge in [0.15, 0.2) is 0 Å². The van der Waals surface area contributed by atoms with Gasteiger partial charge in [-0.25, -0.2) is 0 Å². The van der Waals surface area contributed by atoms with Crippen LogP contribution in [0.1, 0.15) is 30.2 Å². The van der Waals surface area contributed by atoms with E-state index < -0.39 is 0 Å². The zero-order chi connectivity index (χ0) is 21.7. The Hall–Kier alpha value is -2.17. The van der Waals surface area contributed by atoms with Crippen molar-refractivity contribution >= 4 is 42.9 Å². The van der Waals surface area contributed by atoms with Crippen molar-refractivity contribution in [2.45, 2.75) is 45.4 Å². The van der Waals surface area contributed by atoms with Crippen molar-refractivity contribution in [3.05, 3.63) is 47.4 Å². The van der Waals surface area contributed by atoms with Crippen LogP contribution in [0, 0.1) is 13.8 Å². The normalized spacial score (nSPS) is 11.8. The predicted octanol–water partition coefficient (Wildman–Crippen LogP) is 2.68. The van der Waals surface area contributed by atoms with Crippen LogP contribution in [0.2, 0.25) is 5.21 Å². The van der Waals surface area contributed by atoms with Crippen LogP contribution in [0.3, 0.4) is 0 Å². The molecular formula is C23H32AsN5O. The summed E-state index contributed by atoms with van der Waals surface area (Å²) in [7, 11) is 4.23. The molecular weight excluding hydrogens is 437 g/mol. The number of carbonyl (C=O) groups is 1. The van der Waals surface area contributed by atoms with Crippen LogP contribution in [0.4, 0.5) is 5.69 Å². The molecule has 3 rings (SSSR count). The molecule has 0 bridgehead atoms. The summed E-state index contributed by atoms with van der Waals surface area (Å²) >= 11 is -0.361. The first-order chi connectivity index (χ1) is 14.4. The molecule has 0 spiro atoms. The first kappa shape index (κ1) is 22.5. The number of aromatic nitrogens is 3. The van der Waals surface area contributed by atoms with Crippen molar-refractivity contribution in [2.75, 3.05) is 26.0 Å². The number of rotatable bonds is 9. The number of benzene rings is 1. The van der Waals surface area contributed by atoms with E-state index in [2.05, 4.69) is 64.8 Å². The van der Waals surface area contributed by atoms with E-state index in [1.807, 2.05) is 12.1 Å². The van der Waals surface area contributed by atoms with Gasteiger partial charge < -0.3 is 0 Å². The summed E-state index contributed by atoms with van der Waals surface area (Å²) in [5.74, 6) is -0.0403. The molecule has 1 unspecified atom stereocenters. The molecule has 0 aliphatic heterocycles. The van der Waals surface area contributed by atoms with E-state index in [0.29, 0.717) is 0 Å². The quantitative estimate of drug-likeness (QED) is 0.490. The molecule has 0 saturated carbocycles. The Labute approximate surface area is 185 Å². The third-order valence-electron chi connectivity index (χ3n) is 5.37. The summed E-state index contributed by atoms with van der Waals surface area (Å²) in [5.41, 5.74) is 5.88. The van der Waals surface area contributed by atoms with Gasteiger partial charge in [-0.2, -0.15) is 0 Å². The molecule has 0 saturated heterocycles. The van der Waals surface area contributed by atoms with E-state index in [1.165, 1.54) is 33.6 Å². The van der Waals surface area contributed by atoms with Crippen LogP contribution in [0.25, 0.3) is 11.0 Å². The van der Waals surface area contributed by atoms with Crippen molar-refractivity contribution in [1.82, 2.24) is 19.4 Å². The summed E-state index contributed by atoms with van der Waals surface area (Å²) in [4.78, 5) is 22.7. The van der Waals surface area contributed by atoms with Gasteiger partial charge in [0.25, 0.3) is 0 Å². The van der Waals surface area contributed by atoms with Gasteiger partial charge in [0, 0.05) is 0 Å². The molecule has 0 aliphatic carbocycles. The van der Waals surface area contributed by atoms with E-state index in [4.69, 9.17) is 0 Å². The van der Waals surface area contributed by atoms with Crippen molar-refractivity contribution < 1.29 is 4.79 Å². The van der Waals surface area contributed by atoms with Crippen molar-refractivity contribution in [3.63, 3.8) is 0 Å². The average Bonchev–Trinajstić information content (AvgIpc) is 2.94. The topological polar surface area (TPSA) is 63.1 Å². The second-order valence-electron chi connectivity index (χ2n) is 7.99. The molecule has 0 fully saturated rings. The summed E-state index contributed by atoms with van der Waals surface area (Å²) < 4.78 is 3.63. The number of fused-ring (bicyclic) bond motifs is 1. The van der Waals surface area contributed by atoms with Gasteiger partial charge in [-0.05, 0) is 0 Å². The minimum absolute atomic E-state index is 0.0403.